The molecule has 0 bridgehead atoms. The Hall–Kier alpha value is -2.24. The van der Waals surface area contributed by atoms with Crippen molar-refractivity contribution >= 4 is 11.3 Å². The van der Waals surface area contributed by atoms with Crippen molar-refractivity contribution in [2.45, 2.75) is 19.0 Å². The zero-order valence-corrected chi connectivity index (χ0v) is 13.4. The van der Waals surface area contributed by atoms with E-state index in [1.54, 1.807) is 0 Å². The molecular formula is C18H17N3OS. The first-order valence-electron chi connectivity index (χ1n) is 7.69. The summed E-state index contributed by atoms with van der Waals surface area (Å²) >= 11 is 1.20. The lowest BCUT2D eigenvalue weighted by atomic mass is 9.85. The Morgan fingerprint density at radius 1 is 1.13 bits per heavy atom. The standard InChI is InChI=1S/C18H17N3OS/c22-18-20-19-17(23-18)12-21-10-14-8-4-5-9-15(14)16(11-21)13-6-2-1-3-7-13/h1-9,16H,10-12H2,(H,20,22)/t16-/m0/s1. The fourth-order valence-corrected chi connectivity index (χ4v) is 3.93. The van der Waals surface area contributed by atoms with E-state index >= 15 is 0 Å². The molecular weight excluding hydrogens is 306 g/mol. The van der Waals surface area contributed by atoms with Gasteiger partial charge in [-0.15, -0.1) is 0 Å². The fraction of sp³-hybridized carbons (Fsp3) is 0.222. The summed E-state index contributed by atoms with van der Waals surface area (Å²) in [6.45, 7) is 2.54. The number of rotatable bonds is 3. The van der Waals surface area contributed by atoms with Gasteiger partial charge in [0.2, 0.25) is 0 Å². The van der Waals surface area contributed by atoms with Crippen LogP contribution in [0.3, 0.4) is 0 Å². The maximum atomic E-state index is 11.3. The Morgan fingerprint density at radius 3 is 2.70 bits per heavy atom. The third kappa shape index (κ3) is 2.98. The van der Waals surface area contributed by atoms with Crippen LogP contribution in [0.5, 0.6) is 0 Å². The van der Waals surface area contributed by atoms with E-state index in [4.69, 9.17) is 0 Å². The molecule has 4 rings (SSSR count). The summed E-state index contributed by atoms with van der Waals surface area (Å²) in [6, 6.07) is 19.3. The molecule has 1 aromatic heterocycles. The van der Waals surface area contributed by atoms with Crippen LogP contribution in [-0.2, 0) is 13.1 Å². The van der Waals surface area contributed by atoms with E-state index in [0.717, 1.165) is 18.1 Å². The predicted molar refractivity (Wildman–Crippen MR) is 91.6 cm³/mol. The van der Waals surface area contributed by atoms with Crippen LogP contribution < -0.4 is 4.87 Å². The van der Waals surface area contributed by atoms with E-state index in [-0.39, 0.29) is 4.87 Å². The molecule has 0 unspecified atom stereocenters. The third-order valence-corrected chi connectivity index (χ3v) is 5.04. The van der Waals surface area contributed by atoms with Gasteiger partial charge in [0, 0.05) is 19.0 Å². The zero-order chi connectivity index (χ0) is 15.6. The van der Waals surface area contributed by atoms with Crippen molar-refractivity contribution in [3.8, 4) is 0 Å². The normalized spacial score (nSPS) is 17.8. The van der Waals surface area contributed by atoms with Crippen LogP contribution in [0.15, 0.2) is 59.4 Å². The lowest BCUT2D eigenvalue weighted by Gasteiger charge is -2.34. The molecule has 23 heavy (non-hydrogen) atoms. The van der Waals surface area contributed by atoms with Crippen LogP contribution in [0.2, 0.25) is 0 Å². The van der Waals surface area contributed by atoms with E-state index in [0.29, 0.717) is 12.5 Å². The first-order chi connectivity index (χ1) is 11.3. The van der Waals surface area contributed by atoms with Crippen molar-refractivity contribution in [1.29, 1.82) is 0 Å². The van der Waals surface area contributed by atoms with Crippen LogP contribution in [0.4, 0.5) is 0 Å². The number of hydrogen-bond acceptors (Lipinski definition) is 4. The average molecular weight is 323 g/mol. The predicted octanol–water partition coefficient (Wildman–Crippen LogP) is 2.98. The van der Waals surface area contributed by atoms with Crippen LogP contribution in [0.25, 0.3) is 0 Å². The van der Waals surface area contributed by atoms with Gasteiger partial charge in [0.15, 0.2) is 0 Å². The second-order valence-electron chi connectivity index (χ2n) is 5.84. The molecule has 0 radical (unpaired) electrons. The number of aromatic nitrogens is 2. The Labute approximate surface area is 138 Å². The molecule has 1 aliphatic heterocycles. The van der Waals surface area contributed by atoms with Gasteiger partial charge in [0.05, 0.1) is 6.54 Å². The summed E-state index contributed by atoms with van der Waals surface area (Å²) in [4.78, 5) is 13.6. The molecule has 0 spiro atoms. The van der Waals surface area contributed by atoms with E-state index in [1.807, 2.05) is 0 Å². The van der Waals surface area contributed by atoms with Gasteiger partial charge in [-0.2, -0.15) is 5.10 Å². The monoisotopic (exact) mass is 323 g/mol. The number of nitrogens with zero attached hydrogens (tertiary/aromatic N) is 2. The minimum Gasteiger partial charge on any atom is -0.291 e. The number of benzene rings is 2. The Balaban J connectivity index is 1.67. The number of aromatic amines is 1. The highest BCUT2D eigenvalue weighted by Crippen LogP contribution is 2.33. The van der Waals surface area contributed by atoms with Crippen molar-refractivity contribution in [3.05, 3.63) is 86.0 Å². The highest BCUT2D eigenvalue weighted by molar-refractivity contribution is 7.08. The number of nitrogens with one attached hydrogen (secondary N) is 1. The van der Waals surface area contributed by atoms with Gasteiger partial charge < -0.3 is 0 Å². The molecule has 1 atom stereocenters. The average Bonchev–Trinajstić information content (AvgIpc) is 3.00. The topological polar surface area (TPSA) is 49.0 Å². The number of H-pyrrole nitrogens is 1. The van der Waals surface area contributed by atoms with E-state index in [1.165, 1.54) is 28.0 Å². The first kappa shape index (κ1) is 14.4. The Morgan fingerprint density at radius 2 is 1.91 bits per heavy atom. The van der Waals surface area contributed by atoms with Crippen LogP contribution in [0.1, 0.15) is 27.6 Å². The largest absolute Gasteiger partial charge is 0.322 e. The Bertz CT molecular complexity index is 856. The molecule has 0 saturated carbocycles. The van der Waals surface area contributed by atoms with Crippen molar-refractivity contribution in [1.82, 2.24) is 15.1 Å². The van der Waals surface area contributed by atoms with E-state index < -0.39 is 0 Å². The molecule has 5 heteroatoms. The summed E-state index contributed by atoms with van der Waals surface area (Å²) < 4.78 is 0. The van der Waals surface area contributed by atoms with Gasteiger partial charge >= 0.3 is 4.87 Å². The highest BCUT2D eigenvalue weighted by Gasteiger charge is 2.26. The zero-order valence-electron chi connectivity index (χ0n) is 12.6. The SMILES string of the molecule is O=c1[nH]nc(CN2Cc3ccccc3[C@H](c3ccccc3)C2)s1. The molecule has 1 aliphatic rings. The van der Waals surface area contributed by atoms with Crippen molar-refractivity contribution < 1.29 is 0 Å². The summed E-state index contributed by atoms with van der Waals surface area (Å²) in [5, 5.41) is 7.46. The fourth-order valence-electron chi connectivity index (χ4n) is 3.29. The van der Waals surface area contributed by atoms with Crippen LogP contribution in [0, 0.1) is 0 Å². The molecule has 0 saturated heterocycles. The molecule has 2 aromatic carbocycles. The molecule has 0 amide bonds. The summed E-state index contributed by atoms with van der Waals surface area (Å²) in [5.74, 6) is 0.358. The number of hydrogen-bond donors (Lipinski definition) is 1. The van der Waals surface area contributed by atoms with Gasteiger partial charge in [0.25, 0.3) is 0 Å². The number of fused-ring (bicyclic) bond motifs is 1. The Kier molecular flexibility index (Phi) is 3.81. The van der Waals surface area contributed by atoms with E-state index in [9.17, 15) is 4.79 Å². The molecule has 2 heterocycles. The molecule has 3 aromatic rings. The van der Waals surface area contributed by atoms with E-state index in [2.05, 4.69) is 69.7 Å². The second-order valence-corrected chi connectivity index (χ2v) is 6.88. The minimum atomic E-state index is -0.0861. The van der Waals surface area contributed by atoms with Gasteiger partial charge in [-0.05, 0) is 16.7 Å². The quantitative estimate of drug-likeness (QED) is 0.806. The van der Waals surface area contributed by atoms with Gasteiger partial charge in [-0.25, -0.2) is 5.10 Å². The molecule has 0 aliphatic carbocycles. The van der Waals surface area contributed by atoms with Gasteiger partial charge in [-0.1, -0.05) is 65.9 Å². The van der Waals surface area contributed by atoms with Crippen molar-refractivity contribution in [2.75, 3.05) is 6.54 Å². The molecule has 1 N–H and O–H groups in total. The lowest BCUT2D eigenvalue weighted by molar-refractivity contribution is 0.231. The summed E-state index contributed by atoms with van der Waals surface area (Å²) in [6.07, 6.45) is 0. The summed E-state index contributed by atoms with van der Waals surface area (Å²) in [7, 11) is 0. The van der Waals surface area contributed by atoms with Crippen LogP contribution in [-0.4, -0.2) is 21.6 Å². The van der Waals surface area contributed by atoms with Crippen molar-refractivity contribution in [2.24, 2.45) is 0 Å². The smallest absolute Gasteiger partial charge is 0.291 e. The summed E-state index contributed by atoms with van der Waals surface area (Å²) in [5.41, 5.74) is 4.10. The van der Waals surface area contributed by atoms with Crippen molar-refractivity contribution in [3.63, 3.8) is 0 Å². The molecule has 116 valence electrons. The van der Waals surface area contributed by atoms with Gasteiger partial charge in [0.1, 0.15) is 5.01 Å². The lowest BCUT2D eigenvalue weighted by Crippen LogP contribution is -2.33. The molecule has 0 fully saturated rings. The minimum absolute atomic E-state index is 0.0861. The maximum absolute atomic E-state index is 11.3. The highest BCUT2D eigenvalue weighted by atomic mass is 32.1. The van der Waals surface area contributed by atoms with Crippen LogP contribution >= 0.6 is 11.3 Å². The maximum Gasteiger partial charge on any atom is 0.322 e. The molecule has 4 nitrogen and oxygen atoms in total. The van der Waals surface area contributed by atoms with Gasteiger partial charge in [-0.3, -0.25) is 9.69 Å². The first-order valence-corrected chi connectivity index (χ1v) is 8.51. The second kappa shape index (κ2) is 6.10. The third-order valence-electron chi connectivity index (χ3n) is 4.31.